The summed E-state index contributed by atoms with van der Waals surface area (Å²) in [5.41, 5.74) is 8.05. The molecule has 2 N–H and O–H groups in total. The van der Waals surface area contributed by atoms with Crippen molar-refractivity contribution in [1.82, 2.24) is 14.8 Å². The van der Waals surface area contributed by atoms with E-state index >= 15 is 0 Å². The zero-order chi connectivity index (χ0) is 16.3. The maximum Gasteiger partial charge on any atom is 0.311 e. The Morgan fingerprint density at radius 2 is 2.23 bits per heavy atom. The molecule has 0 aliphatic rings. The number of hydrogen-bond donors (Lipinski definition) is 1. The van der Waals surface area contributed by atoms with Gasteiger partial charge < -0.3 is 10.5 Å². The van der Waals surface area contributed by atoms with E-state index in [0.29, 0.717) is 28.3 Å². The molecule has 2 aromatic rings. The van der Waals surface area contributed by atoms with E-state index < -0.39 is 0 Å². The van der Waals surface area contributed by atoms with Gasteiger partial charge in [-0.1, -0.05) is 0 Å². The van der Waals surface area contributed by atoms with Crippen molar-refractivity contribution in [2.45, 2.75) is 26.3 Å². The predicted octanol–water partition coefficient (Wildman–Crippen LogP) is 1.70. The second-order valence-electron chi connectivity index (χ2n) is 5.05. The fourth-order valence-electron chi connectivity index (χ4n) is 2.04. The third kappa shape index (κ3) is 2.91. The van der Waals surface area contributed by atoms with Crippen molar-refractivity contribution in [3.05, 3.63) is 29.6 Å². The van der Waals surface area contributed by atoms with E-state index in [1.54, 1.807) is 23.0 Å². The molecule has 0 saturated heterocycles. The molecule has 0 aliphatic heterocycles. The molecule has 2 rings (SSSR count). The number of rotatable bonds is 4. The number of nitrogens with two attached hydrogens (primary N) is 1. The van der Waals surface area contributed by atoms with E-state index in [-0.39, 0.29) is 18.4 Å². The van der Waals surface area contributed by atoms with Crippen LogP contribution in [0.3, 0.4) is 0 Å². The summed E-state index contributed by atoms with van der Waals surface area (Å²) >= 11 is 0. The van der Waals surface area contributed by atoms with Crippen LogP contribution in [-0.4, -0.2) is 27.8 Å². The van der Waals surface area contributed by atoms with Crippen molar-refractivity contribution >= 4 is 11.8 Å². The van der Waals surface area contributed by atoms with Crippen molar-refractivity contribution in [2.24, 2.45) is 0 Å². The van der Waals surface area contributed by atoms with Crippen LogP contribution < -0.4 is 5.73 Å². The van der Waals surface area contributed by atoms with Gasteiger partial charge in [-0.25, -0.2) is 4.68 Å². The van der Waals surface area contributed by atoms with E-state index in [1.807, 2.05) is 13.8 Å². The zero-order valence-corrected chi connectivity index (χ0v) is 12.7. The lowest BCUT2D eigenvalue weighted by Crippen LogP contribution is -2.07. The van der Waals surface area contributed by atoms with Crippen molar-refractivity contribution in [1.29, 1.82) is 5.26 Å². The second-order valence-corrected chi connectivity index (χ2v) is 5.05. The normalized spacial score (nSPS) is 10.5. The molecule has 0 saturated carbocycles. The lowest BCUT2D eigenvalue weighted by molar-refractivity contribution is -0.139. The summed E-state index contributed by atoms with van der Waals surface area (Å²) in [6, 6.07) is 5.60. The van der Waals surface area contributed by atoms with Crippen LogP contribution in [0.4, 0.5) is 5.82 Å². The zero-order valence-electron chi connectivity index (χ0n) is 12.7. The van der Waals surface area contributed by atoms with Crippen LogP contribution in [0.2, 0.25) is 0 Å². The summed E-state index contributed by atoms with van der Waals surface area (Å²) in [5.74, 6) is -0.0163. The third-order valence-corrected chi connectivity index (χ3v) is 3.20. The molecule has 0 atom stereocenters. The summed E-state index contributed by atoms with van der Waals surface area (Å²) in [6.07, 6.45) is 1.68. The van der Waals surface area contributed by atoms with Gasteiger partial charge in [0.15, 0.2) is 0 Å². The molecule has 0 amide bonds. The Bertz CT molecular complexity index is 726. The van der Waals surface area contributed by atoms with Crippen molar-refractivity contribution in [3.8, 4) is 17.3 Å². The minimum absolute atomic E-state index is 0.0485. The summed E-state index contributed by atoms with van der Waals surface area (Å²) in [6.45, 7) is 3.87. The van der Waals surface area contributed by atoms with Gasteiger partial charge in [0.25, 0.3) is 0 Å². The molecule has 0 aliphatic carbocycles. The number of methoxy groups -OCH3 is 1. The SMILES string of the molecule is COC(=O)Cc1ccc(-c2nn(C(C)C)c(N)c2C#N)cn1. The van der Waals surface area contributed by atoms with E-state index in [0.717, 1.165) is 0 Å². The Hall–Kier alpha value is -2.88. The molecule has 7 nitrogen and oxygen atoms in total. The molecule has 0 spiro atoms. The van der Waals surface area contributed by atoms with Gasteiger partial charge in [-0.05, 0) is 26.0 Å². The van der Waals surface area contributed by atoms with E-state index in [1.165, 1.54) is 7.11 Å². The maximum atomic E-state index is 11.2. The average molecular weight is 299 g/mol. The Balaban J connectivity index is 2.38. The number of ether oxygens (including phenoxy) is 1. The van der Waals surface area contributed by atoms with Crippen LogP contribution in [0.1, 0.15) is 31.1 Å². The lowest BCUT2D eigenvalue weighted by atomic mass is 10.1. The van der Waals surface area contributed by atoms with Crippen LogP contribution in [0.25, 0.3) is 11.3 Å². The minimum Gasteiger partial charge on any atom is -0.469 e. The first-order chi connectivity index (χ1) is 10.5. The minimum atomic E-state index is -0.355. The molecule has 0 unspecified atom stereocenters. The van der Waals surface area contributed by atoms with Gasteiger partial charge >= 0.3 is 5.97 Å². The average Bonchev–Trinajstić information content (AvgIpc) is 2.84. The summed E-state index contributed by atoms with van der Waals surface area (Å²) in [7, 11) is 1.33. The Kier molecular flexibility index (Phi) is 4.41. The number of nitriles is 1. The molecule has 2 aromatic heterocycles. The number of esters is 1. The van der Waals surface area contributed by atoms with Crippen molar-refractivity contribution < 1.29 is 9.53 Å². The van der Waals surface area contributed by atoms with Crippen molar-refractivity contribution in [3.63, 3.8) is 0 Å². The van der Waals surface area contributed by atoms with Gasteiger partial charge in [-0.3, -0.25) is 9.78 Å². The second kappa shape index (κ2) is 6.26. The number of carbonyl (C=O) groups excluding carboxylic acids is 1. The molecule has 7 heteroatoms. The standard InChI is InChI=1S/C15H17N5O2/c1-9(2)20-15(17)12(7-16)14(19-20)10-4-5-11(18-8-10)6-13(21)22-3/h4-5,8-9H,6,17H2,1-3H3. The first-order valence-electron chi connectivity index (χ1n) is 6.78. The maximum absolute atomic E-state index is 11.2. The van der Waals surface area contributed by atoms with Gasteiger partial charge in [0.1, 0.15) is 23.1 Å². The van der Waals surface area contributed by atoms with Gasteiger partial charge in [0, 0.05) is 17.8 Å². The molecule has 0 bridgehead atoms. The number of anilines is 1. The lowest BCUT2D eigenvalue weighted by Gasteiger charge is -2.06. The quantitative estimate of drug-likeness (QED) is 0.861. The smallest absolute Gasteiger partial charge is 0.311 e. The Labute approximate surface area is 128 Å². The largest absolute Gasteiger partial charge is 0.469 e. The highest BCUT2D eigenvalue weighted by molar-refractivity contribution is 5.74. The number of pyridine rings is 1. The van der Waals surface area contributed by atoms with Crippen LogP contribution in [-0.2, 0) is 16.0 Å². The molecule has 0 aromatic carbocycles. The molecule has 22 heavy (non-hydrogen) atoms. The van der Waals surface area contributed by atoms with Crippen LogP contribution in [0.5, 0.6) is 0 Å². The fraction of sp³-hybridized carbons (Fsp3) is 0.333. The highest BCUT2D eigenvalue weighted by Crippen LogP contribution is 2.28. The van der Waals surface area contributed by atoms with E-state index in [4.69, 9.17) is 5.73 Å². The topological polar surface area (TPSA) is 107 Å². The first kappa shape index (κ1) is 15.5. The van der Waals surface area contributed by atoms with Crippen LogP contribution in [0.15, 0.2) is 18.3 Å². The molecular weight excluding hydrogens is 282 g/mol. The predicted molar refractivity (Wildman–Crippen MR) is 80.7 cm³/mol. The fourth-order valence-corrected chi connectivity index (χ4v) is 2.04. The number of aromatic nitrogens is 3. The van der Waals surface area contributed by atoms with Crippen LogP contribution >= 0.6 is 0 Å². The third-order valence-electron chi connectivity index (χ3n) is 3.20. The summed E-state index contributed by atoms with van der Waals surface area (Å²) < 4.78 is 6.20. The first-order valence-corrected chi connectivity index (χ1v) is 6.78. The van der Waals surface area contributed by atoms with Crippen LogP contribution in [0, 0.1) is 11.3 Å². The number of hydrogen-bond acceptors (Lipinski definition) is 6. The Morgan fingerprint density at radius 1 is 1.50 bits per heavy atom. The number of carbonyl (C=O) groups is 1. The molecular formula is C15H17N5O2. The highest BCUT2D eigenvalue weighted by Gasteiger charge is 2.18. The molecule has 2 heterocycles. The molecule has 114 valence electrons. The van der Waals surface area contributed by atoms with Crippen molar-refractivity contribution in [2.75, 3.05) is 12.8 Å². The summed E-state index contributed by atoms with van der Waals surface area (Å²) in [5, 5.41) is 13.7. The number of nitrogens with zero attached hydrogens (tertiary/aromatic N) is 4. The van der Waals surface area contributed by atoms with Gasteiger partial charge in [0.05, 0.1) is 19.2 Å². The Morgan fingerprint density at radius 3 is 2.73 bits per heavy atom. The van der Waals surface area contributed by atoms with E-state index in [9.17, 15) is 10.1 Å². The summed E-state index contributed by atoms with van der Waals surface area (Å²) in [4.78, 5) is 15.4. The molecule has 0 fully saturated rings. The van der Waals surface area contributed by atoms with E-state index in [2.05, 4.69) is 20.9 Å². The molecule has 0 radical (unpaired) electrons. The monoisotopic (exact) mass is 299 g/mol. The number of nitrogen functional groups attached to an aromatic ring is 1. The van der Waals surface area contributed by atoms with Gasteiger partial charge in [-0.15, -0.1) is 0 Å². The highest BCUT2D eigenvalue weighted by atomic mass is 16.5. The van der Waals surface area contributed by atoms with Gasteiger partial charge in [0.2, 0.25) is 0 Å². The van der Waals surface area contributed by atoms with Gasteiger partial charge in [-0.2, -0.15) is 10.4 Å².